The first kappa shape index (κ1) is 19.1. The second-order valence-electron chi connectivity index (χ2n) is 5.90. The molecule has 1 aromatic heterocycles. The van der Waals surface area contributed by atoms with Gasteiger partial charge in [-0.2, -0.15) is 0 Å². The minimum atomic E-state index is 0. The number of aromatic nitrogens is 2. The van der Waals surface area contributed by atoms with Crippen molar-refractivity contribution in [3.8, 4) is 0 Å². The van der Waals surface area contributed by atoms with Crippen LogP contribution in [0.5, 0.6) is 0 Å². The molecular weight excluding hydrogens is 382 g/mol. The second kappa shape index (κ2) is 8.27. The van der Waals surface area contributed by atoms with Gasteiger partial charge in [-0.15, -0.1) is 0 Å². The summed E-state index contributed by atoms with van der Waals surface area (Å²) in [5, 5.41) is 12.1. The number of anilines is 1. The molecule has 5 nitrogen and oxygen atoms in total. The van der Waals surface area contributed by atoms with Gasteiger partial charge in [0.2, 0.25) is 5.95 Å². The van der Waals surface area contributed by atoms with Crippen molar-refractivity contribution >= 4 is 22.8 Å². The van der Waals surface area contributed by atoms with Gasteiger partial charge in [0.05, 0.1) is 24.2 Å². The number of carbonyl (C=O) groups excluding carboxylic acids is 1. The number of hydrogen-bond acceptors (Lipinski definition) is 4. The number of aliphatic hydroxyl groups excluding tert-OH is 1. The third kappa shape index (κ3) is 4.08. The Bertz CT molecular complexity index is 890. The maximum absolute atomic E-state index is 12.8. The van der Waals surface area contributed by atoms with E-state index in [2.05, 4.69) is 10.3 Å². The summed E-state index contributed by atoms with van der Waals surface area (Å²) >= 11 is 0. The Morgan fingerprint density at radius 2 is 1.96 bits per heavy atom. The van der Waals surface area contributed by atoms with Gasteiger partial charge in [0.25, 0.3) is 0 Å². The molecule has 0 radical (unpaired) electrons. The van der Waals surface area contributed by atoms with Crippen LogP contribution in [0.4, 0.5) is 5.95 Å². The zero-order chi connectivity index (χ0) is 17.1. The Morgan fingerprint density at radius 3 is 2.72 bits per heavy atom. The van der Waals surface area contributed by atoms with Crippen molar-refractivity contribution in [1.29, 1.82) is 0 Å². The van der Waals surface area contributed by atoms with Gasteiger partial charge in [-0.25, -0.2) is 4.98 Å². The quantitative estimate of drug-likeness (QED) is 0.567. The van der Waals surface area contributed by atoms with E-state index in [9.17, 15) is 4.79 Å². The number of aryl methyl sites for hydroxylation is 2. The van der Waals surface area contributed by atoms with E-state index < -0.39 is 0 Å². The smallest absolute Gasteiger partial charge is 0.204 e. The van der Waals surface area contributed by atoms with Crippen molar-refractivity contribution in [2.24, 2.45) is 0 Å². The van der Waals surface area contributed by atoms with Gasteiger partial charge < -0.3 is 32.0 Å². The molecule has 0 aliphatic carbocycles. The van der Waals surface area contributed by atoms with Crippen LogP contribution in [-0.4, -0.2) is 33.6 Å². The molecule has 25 heavy (non-hydrogen) atoms. The summed E-state index contributed by atoms with van der Waals surface area (Å²) in [4.78, 5) is 17.4. The molecule has 0 aliphatic rings. The maximum atomic E-state index is 12.8. The van der Waals surface area contributed by atoms with Gasteiger partial charge in [0.15, 0.2) is 5.78 Å². The largest absolute Gasteiger partial charge is 1.00 e. The van der Waals surface area contributed by atoms with Crippen molar-refractivity contribution < 1.29 is 26.9 Å². The molecule has 0 aliphatic heterocycles. The molecule has 132 valence electrons. The van der Waals surface area contributed by atoms with E-state index in [-0.39, 0.29) is 35.9 Å². The molecule has 0 amide bonds. The zero-order valence-electron chi connectivity index (χ0n) is 14.3. The van der Waals surface area contributed by atoms with Crippen LogP contribution in [0.1, 0.15) is 21.5 Å². The Morgan fingerprint density at radius 1 is 1.20 bits per heavy atom. The van der Waals surface area contributed by atoms with Crippen LogP contribution < -0.4 is 22.3 Å². The zero-order valence-corrected chi connectivity index (χ0v) is 15.9. The standard InChI is InChI=1S/C19H21N3O2.BrH/c1-13-7-8-14(2)15(11-13)18(24)12-22-17-6-4-3-5-16(17)21-19(22)20-9-10-23;/h3-8,11,23H,9-10,12H2,1-2H3,(H,20,21);1H/p-1. The lowest BCUT2D eigenvalue weighted by atomic mass is 10.0. The van der Waals surface area contributed by atoms with Crippen LogP contribution in [0.3, 0.4) is 0 Å². The summed E-state index contributed by atoms with van der Waals surface area (Å²) in [5.41, 5.74) is 4.50. The van der Waals surface area contributed by atoms with E-state index in [0.717, 1.165) is 27.7 Å². The van der Waals surface area contributed by atoms with Gasteiger partial charge in [0, 0.05) is 12.1 Å². The van der Waals surface area contributed by atoms with Crippen LogP contribution >= 0.6 is 0 Å². The maximum Gasteiger partial charge on any atom is 0.204 e. The Labute approximate surface area is 157 Å². The first-order valence-electron chi connectivity index (χ1n) is 8.00. The Balaban J connectivity index is 0.00000225. The highest BCUT2D eigenvalue weighted by Gasteiger charge is 2.16. The highest BCUT2D eigenvalue weighted by atomic mass is 79.9. The molecule has 0 spiro atoms. The highest BCUT2D eigenvalue weighted by molar-refractivity contribution is 5.98. The molecule has 0 atom stereocenters. The van der Waals surface area contributed by atoms with E-state index in [1.54, 1.807) is 0 Å². The fourth-order valence-corrected chi connectivity index (χ4v) is 2.80. The molecule has 2 N–H and O–H groups in total. The van der Waals surface area contributed by atoms with Crippen LogP contribution in [0.2, 0.25) is 0 Å². The summed E-state index contributed by atoms with van der Waals surface area (Å²) in [7, 11) is 0. The normalized spacial score (nSPS) is 10.5. The number of carbonyl (C=O) groups is 1. The first-order valence-corrected chi connectivity index (χ1v) is 8.00. The molecule has 0 fully saturated rings. The number of nitrogens with one attached hydrogen (secondary N) is 1. The van der Waals surface area contributed by atoms with Crippen molar-refractivity contribution in [1.82, 2.24) is 9.55 Å². The number of nitrogens with zero attached hydrogens (tertiary/aromatic N) is 2. The predicted molar refractivity (Wildman–Crippen MR) is 95.6 cm³/mol. The molecule has 1 heterocycles. The molecule has 0 unspecified atom stereocenters. The van der Waals surface area contributed by atoms with Gasteiger partial charge >= 0.3 is 0 Å². The number of aliphatic hydroxyl groups is 1. The molecule has 2 aromatic carbocycles. The minimum Gasteiger partial charge on any atom is -1.00 e. The Kier molecular flexibility index (Phi) is 6.33. The first-order chi connectivity index (χ1) is 11.6. The molecule has 0 saturated carbocycles. The summed E-state index contributed by atoms with van der Waals surface area (Å²) in [6, 6.07) is 13.6. The number of hydrogen-bond donors (Lipinski definition) is 2. The van der Waals surface area contributed by atoms with Crippen molar-refractivity contribution in [3.05, 3.63) is 59.2 Å². The summed E-state index contributed by atoms with van der Waals surface area (Å²) in [6.07, 6.45) is 0. The number of rotatable bonds is 6. The van der Waals surface area contributed by atoms with E-state index in [4.69, 9.17) is 5.11 Å². The summed E-state index contributed by atoms with van der Waals surface area (Å²) in [5.74, 6) is 0.648. The molecule has 0 bridgehead atoms. The minimum absolute atomic E-state index is 0. The van der Waals surface area contributed by atoms with Gasteiger partial charge in [-0.3, -0.25) is 4.79 Å². The number of Topliss-reactive ketones (excluding diaryl/α,β-unsaturated/α-hetero) is 1. The SMILES string of the molecule is Cc1ccc(C)c(C(=O)Cn2c(NCCO)nc3ccccc32)c1.[Br-]. The van der Waals surface area contributed by atoms with Gasteiger partial charge in [-0.05, 0) is 37.6 Å². The lowest BCUT2D eigenvalue weighted by Gasteiger charge is -2.11. The van der Waals surface area contributed by atoms with Crippen molar-refractivity contribution in [2.75, 3.05) is 18.5 Å². The van der Waals surface area contributed by atoms with Crippen LogP contribution in [-0.2, 0) is 6.54 Å². The number of para-hydroxylation sites is 2. The van der Waals surface area contributed by atoms with E-state index >= 15 is 0 Å². The van der Waals surface area contributed by atoms with Crippen LogP contribution in [0.15, 0.2) is 42.5 Å². The number of fused-ring (bicyclic) bond motifs is 1. The number of halogens is 1. The van der Waals surface area contributed by atoms with Crippen LogP contribution in [0.25, 0.3) is 11.0 Å². The molecule has 3 rings (SSSR count). The molecular formula is C19H21BrN3O2-. The predicted octanol–water partition coefficient (Wildman–Crippen LogP) is -0.0558. The third-order valence-corrected chi connectivity index (χ3v) is 4.04. The molecule has 3 aromatic rings. The average Bonchev–Trinajstić information content (AvgIpc) is 2.93. The van der Waals surface area contributed by atoms with E-state index in [1.807, 2.05) is 60.9 Å². The highest BCUT2D eigenvalue weighted by Crippen LogP contribution is 2.21. The number of imidazole rings is 1. The lowest BCUT2D eigenvalue weighted by molar-refractivity contribution is -0.0000140. The summed E-state index contributed by atoms with van der Waals surface area (Å²) in [6.45, 7) is 4.54. The third-order valence-electron chi connectivity index (χ3n) is 4.04. The average molecular weight is 403 g/mol. The van der Waals surface area contributed by atoms with Crippen LogP contribution in [0, 0.1) is 13.8 Å². The fourth-order valence-electron chi connectivity index (χ4n) is 2.80. The number of benzene rings is 2. The molecule has 6 heteroatoms. The van der Waals surface area contributed by atoms with Crippen molar-refractivity contribution in [3.63, 3.8) is 0 Å². The lowest BCUT2D eigenvalue weighted by Crippen LogP contribution is -3.00. The van der Waals surface area contributed by atoms with Gasteiger partial charge in [-0.1, -0.05) is 29.8 Å². The Hall–Kier alpha value is -2.18. The number of ketones is 1. The van der Waals surface area contributed by atoms with Gasteiger partial charge in [0.1, 0.15) is 0 Å². The van der Waals surface area contributed by atoms with Crippen molar-refractivity contribution in [2.45, 2.75) is 20.4 Å². The molecule has 0 saturated heterocycles. The topological polar surface area (TPSA) is 67.2 Å². The summed E-state index contributed by atoms with van der Waals surface area (Å²) < 4.78 is 1.87. The second-order valence-corrected chi connectivity index (χ2v) is 5.90. The monoisotopic (exact) mass is 402 g/mol. The van der Waals surface area contributed by atoms with E-state index in [1.165, 1.54) is 0 Å². The van der Waals surface area contributed by atoms with E-state index in [0.29, 0.717) is 12.5 Å². The fraction of sp³-hybridized carbons (Fsp3) is 0.263.